The zero-order valence-corrected chi connectivity index (χ0v) is 17.0. The summed E-state index contributed by atoms with van der Waals surface area (Å²) in [4.78, 5) is 11.2. The first-order valence-electron chi connectivity index (χ1n) is 7.96. The predicted molar refractivity (Wildman–Crippen MR) is 100 cm³/mol. The molecule has 0 radical (unpaired) electrons. The molecule has 0 aliphatic rings. The molecule has 0 fully saturated rings. The summed E-state index contributed by atoms with van der Waals surface area (Å²) in [5.74, 6) is -2.65. The maximum absolute atomic E-state index is 12.7. The van der Waals surface area contributed by atoms with E-state index in [-0.39, 0.29) is 11.4 Å². The smallest absolute Gasteiger partial charge is 0.354 e. The SMILES string of the molecule is O=C(CS(=O)(=O)c1cccc(C(F)(F)F)c1)NCCS(=O)(=O)c1ccc(Cl)cc1. The Bertz CT molecular complexity index is 1100. The van der Waals surface area contributed by atoms with Gasteiger partial charge < -0.3 is 5.32 Å². The molecule has 0 atom stereocenters. The highest BCUT2D eigenvalue weighted by molar-refractivity contribution is 7.92. The number of carbonyl (C=O) groups is 1. The van der Waals surface area contributed by atoms with E-state index in [2.05, 4.69) is 5.32 Å². The fraction of sp³-hybridized carbons (Fsp3) is 0.235. The van der Waals surface area contributed by atoms with E-state index in [4.69, 9.17) is 11.6 Å². The number of halogens is 4. The minimum absolute atomic E-state index is 0.0206. The van der Waals surface area contributed by atoms with Crippen LogP contribution >= 0.6 is 11.6 Å². The van der Waals surface area contributed by atoms with Crippen LogP contribution < -0.4 is 5.32 Å². The summed E-state index contributed by atoms with van der Waals surface area (Å²) in [7, 11) is -8.08. The molecule has 2 aromatic carbocycles. The molecule has 0 saturated carbocycles. The second-order valence-corrected chi connectivity index (χ2v) is 10.4. The van der Waals surface area contributed by atoms with Gasteiger partial charge in [0.05, 0.1) is 21.1 Å². The molecule has 158 valence electrons. The lowest BCUT2D eigenvalue weighted by atomic mass is 10.2. The summed E-state index contributed by atoms with van der Waals surface area (Å²) in [6.45, 7) is -0.373. The summed E-state index contributed by atoms with van der Waals surface area (Å²) in [5.41, 5.74) is -1.16. The van der Waals surface area contributed by atoms with Gasteiger partial charge in [0.25, 0.3) is 0 Å². The first-order valence-corrected chi connectivity index (χ1v) is 11.6. The normalized spacial score (nSPS) is 12.6. The van der Waals surface area contributed by atoms with Crippen LogP contribution in [0.15, 0.2) is 58.3 Å². The largest absolute Gasteiger partial charge is 0.416 e. The van der Waals surface area contributed by atoms with Gasteiger partial charge in [0.2, 0.25) is 5.91 Å². The highest BCUT2D eigenvalue weighted by Gasteiger charge is 2.32. The summed E-state index contributed by atoms with van der Waals surface area (Å²) in [6.07, 6.45) is -4.73. The van der Waals surface area contributed by atoms with Gasteiger partial charge in [0, 0.05) is 11.6 Å². The van der Waals surface area contributed by atoms with E-state index in [1.165, 1.54) is 24.3 Å². The van der Waals surface area contributed by atoms with Crippen molar-refractivity contribution in [3.8, 4) is 0 Å². The van der Waals surface area contributed by atoms with Crippen molar-refractivity contribution >= 4 is 37.2 Å². The number of hydrogen-bond acceptors (Lipinski definition) is 5. The zero-order valence-electron chi connectivity index (χ0n) is 14.6. The molecular formula is C17H15ClF3NO5S2. The van der Waals surface area contributed by atoms with Crippen LogP contribution in [0.25, 0.3) is 0 Å². The molecule has 0 aliphatic heterocycles. The molecule has 2 aromatic rings. The van der Waals surface area contributed by atoms with Crippen LogP contribution in [0.1, 0.15) is 5.56 Å². The number of benzene rings is 2. The number of nitrogens with one attached hydrogen (secondary N) is 1. The summed E-state index contributed by atoms with van der Waals surface area (Å²) in [6, 6.07) is 8.36. The third-order valence-electron chi connectivity index (χ3n) is 3.71. The Hall–Kier alpha value is -2.11. The van der Waals surface area contributed by atoms with Gasteiger partial charge in [-0.05, 0) is 42.5 Å². The minimum Gasteiger partial charge on any atom is -0.354 e. The standard InChI is InChI=1S/C17H15ClF3NO5S2/c18-13-4-6-14(7-5-13)28(24,25)9-8-22-16(23)11-29(26,27)15-3-1-2-12(10-15)17(19,20)21/h1-7,10H,8-9,11H2,(H,22,23). The average Bonchev–Trinajstić information content (AvgIpc) is 2.61. The Morgan fingerprint density at radius 2 is 1.55 bits per heavy atom. The molecule has 0 unspecified atom stereocenters. The highest BCUT2D eigenvalue weighted by Crippen LogP contribution is 2.30. The number of amides is 1. The maximum Gasteiger partial charge on any atom is 0.416 e. The van der Waals surface area contributed by atoms with Crippen molar-refractivity contribution in [1.82, 2.24) is 5.32 Å². The molecule has 1 N–H and O–H groups in total. The maximum atomic E-state index is 12.7. The van der Waals surface area contributed by atoms with Crippen LogP contribution in [-0.4, -0.2) is 40.8 Å². The predicted octanol–water partition coefficient (Wildman–Crippen LogP) is 2.72. The summed E-state index contributed by atoms with van der Waals surface area (Å²) < 4.78 is 86.8. The van der Waals surface area contributed by atoms with E-state index in [1.54, 1.807) is 0 Å². The first kappa shape index (κ1) is 23.2. The lowest BCUT2D eigenvalue weighted by molar-refractivity contribution is -0.137. The van der Waals surface area contributed by atoms with Crippen molar-refractivity contribution in [3.63, 3.8) is 0 Å². The van der Waals surface area contributed by atoms with Crippen molar-refractivity contribution in [2.24, 2.45) is 0 Å². The molecule has 12 heteroatoms. The third-order valence-corrected chi connectivity index (χ3v) is 7.31. The lowest BCUT2D eigenvalue weighted by Gasteiger charge is -2.10. The Labute approximate surface area is 170 Å². The molecule has 0 heterocycles. The van der Waals surface area contributed by atoms with Crippen LogP contribution in [0.2, 0.25) is 5.02 Å². The monoisotopic (exact) mass is 469 g/mol. The van der Waals surface area contributed by atoms with Crippen molar-refractivity contribution in [1.29, 1.82) is 0 Å². The third kappa shape index (κ3) is 6.44. The van der Waals surface area contributed by atoms with Gasteiger partial charge in [-0.25, -0.2) is 16.8 Å². The molecule has 0 aromatic heterocycles. The number of hydrogen-bond donors (Lipinski definition) is 1. The second-order valence-electron chi connectivity index (χ2n) is 5.91. The molecule has 6 nitrogen and oxygen atoms in total. The first-order chi connectivity index (χ1) is 13.3. The molecule has 1 amide bonds. The number of alkyl halides is 3. The average molecular weight is 470 g/mol. The van der Waals surface area contributed by atoms with Gasteiger partial charge in [0.1, 0.15) is 5.75 Å². The molecule has 0 bridgehead atoms. The van der Waals surface area contributed by atoms with Gasteiger partial charge in [-0.15, -0.1) is 0 Å². The topological polar surface area (TPSA) is 97.4 Å². The molecule has 0 saturated heterocycles. The van der Waals surface area contributed by atoms with Gasteiger partial charge >= 0.3 is 6.18 Å². The molecule has 0 spiro atoms. The van der Waals surface area contributed by atoms with E-state index in [9.17, 15) is 34.8 Å². The van der Waals surface area contributed by atoms with Crippen molar-refractivity contribution in [2.75, 3.05) is 18.1 Å². The molecule has 29 heavy (non-hydrogen) atoms. The van der Waals surface area contributed by atoms with Gasteiger partial charge in [0.15, 0.2) is 19.7 Å². The van der Waals surface area contributed by atoms with Crippen molar-refractivity contribution in [2.45, 2.75) is 16.0 Å². The van der Waals surface area contributed by atoms with Gasteiger partial charge in [-0.2, -0.15) is 13.2 Å². The number of sulfone groups is 2. The minimum atomic E-state index is -4.73. The van der Waals surface area contributed by atoms with E-state index in [0.717, 1.165) is 12.1 Å². The Morgan fingerprint density at radius 1 is 0.931 bits per heavy atom. The molecule has 0 aliphatic carbocycles. The zero-order chi connectivity index (χ0) is 21.9. The van der Waals surface area contributed by atoms with Crippen LogP contribution in [0.4, 0.5) is 13.2 Å². The molecule has 2 rings (SSSR count). The lowest BCUT2D eigenvalue weighted by Crippen LogP contribution is -2.33. The quantitative estimate of drug-likeness (QED) is 0.672. The Morgan fingerprint density at radius 3 is 2.14 bits per heavy atom. The van der Waals surface area contributed by atoms with E-state index >= 15 is 0 Å². The Kier molecular flexibility index (Phi) is 6.97. The summed E-state index contributed by atoms with van der Waals surface area (Å²) in [5, 5.41) is 2.49. The fourth-order valence-electron chi connectivity index (χ4n) is 2.26. The number of rotatable bonds is 7. The van der Waals surface area contributed by atoms with Gasteiger partial charge in [-0.1, -0.05) is 17.7 Å². The second kappa shape index (κ2) is 8.72. The van der Waals surface area contributed by atoms with Crippen molar-refractivity contribution in [3.05, 3.63) is 59.1 Å². The Balaban J connectivity index is 1.99. The van der Waals surface area contributed by atoms with E-state index in [1.807, 2.05) is 0 Å². The number of carbonyl (C=O) groups excluding carboxylic acids is 1. The van der Waals surface area contributed by atoms with Crippen LogP contribution in [0, 0.1) is 0 Å². The van der Waals surface area contributed by atoms with E-state index in [0.29, 0.717) is 17.2 Å². The van der Waals surface area contributed by atoms with Crippen LogP contribution in [-0.2, 0) is 30.6 Å². The summed E-state index contributed by atoms with van der Waals surface area (Å²) >= 11 is 5.68. The van der Waals surface area contributed by atoms with E-state index < -0.39 is 53.7 Å². The fourth-order valence-corrected chi connectivity index (χ4v) is 4.75. The molecular weight excluding hydrogens is 455 g/mol. The van der Waals surface area contributed by atoms with Crippen molar-refractivity contribution < 1.29 is 34.8 Å². The van der Waals surface area contributed by atoms with Gasteiger partial charge in [-0.3, -0.25) is 4.79 Å². The van der Waals surface area contributed by atoms with Crippen LogP contribution in [0.3, 0.4) is 0 Å². The van der Waals surface area contributed by atoms with Crippen LogP contribution in [0.5, 0.6) is 0 Å². The highest BCUT2D eigenvalue weighted by atomic mass is 35.5.